The molecule has 22 heavy (non-hydrogen) atoms. The lowest BCUT2D eigenvalue weighted by Crippen LogP contribution is -2.41. The van der Waals surface area contributed by atoms with Crippen LogP contribution in [0.3, 0.4) is 0 Å². The molecule has 3 amide bonds. The molecule has 1 aromatic rings. The molecule has 1 aliphatic heterocycles. The summed E-state index contributed by atoms with van der Waals surface area (Å²) < 4.78 is 0. The number of nitrogens with zero attached hydrogens (tertiary/aromatic N) is 1. The van der Waals surface area contributed by atoms with Crippen molar-refractivity contribution in [1.82, 2.24) is 10.2 Å². The van der Waals surface area contributed by atoms with E-state index >= 15 is 0 Å². The number of urea groups is 1. The molecular formula is C18H26N2O2. The van der Waals surface area contributed by atoms with Crippen LogP contribution in [0.2, 0.25) is 0 Å². The Kier molecular flexibility index (Phi) is 4.07. The smallest absolute Gasteiger partial charge is 0.319 e. The van der Waals surface area contributed by atoms with E-state index in [9.17, 15) is 9.59 Å². The Bertz CT molecular complexity index is 584. The number of hydrogen-bond donors (Lipinski definition) is 1. The summed E-state index contributed by atoms with van der Waals surface area (Å²) in [6.07, 6.45) is 0. The van der Waals surface area contributed by atoms with Crippen LogP contribution in [0.1, 0.15) is 52.7 Å². The van der Waals surface area contributed by atoms with E-state index in [2.05, 4.69) is 26.1 Å². The third-order valence-electron chi connectivity index (χ3n) is 4.15. The van der Waals surface area contributed by atoms with Crippen LogP contribution in [0.25, 0.3) is 0 Å². The van der Waals surface area contributed by atoms with Gasteiger partial charge < -0.3 is 5.32 Å². The Morgan fingerprint density at radius 2 is 1.68 bits per heavy atom. The number of nitrogens with one attached hydrogen (secondary N) is 1. The third-order valence-corrected chi connectivity index (χ3v) is 4.15. The number of amides is 3. The van der Waals surface area contributed by atoms with Gasteiger partial charge in [-0.1, -0.05) is 58.9 Å². The second kappa shape index (κ2) is 5.41. The third kappa shape index (κ3) is 2.87. The van der Waals surface area contributed by atoms with E-state index in [1.165, 1.54) is 10.5 Å². The van der Waals surface area contributed by atoms with Gasteiger partial charge >= 0.3 is 6.03 Å². The fourth-order valence-corrected chi connectivity index (χ4v) is 2.73. The Morgan fingerprint density at radius 1 is 1.14 bits per heavy atom. The van der Waals surface area contributed by atoms with Gasteiger partial charge in [0.2, 0.25) is 0 Å². The highest BCUT2D eigenvalue weighted by Crippen LogP contribution is 2.31. The lowest BCUT2D eigenvalue weighted by atomic mass is 9.84. The van der Waals surface area contributed by atoms with E-state index in [1.54, 1.807) is 6.92 Å². The standard InChI is InChI=1S/C18H26N2O2/c1-12(2)11-20-15(21)18(6,19-16(20)22)14-9-7-13(8-10-14)17(3,4)5/h7-10,12H,11H2,1-6H3,(H,19,22). The quantitative estimate of drug-likeness (QED) is 0.870. The van der Waals surface area contributed by atoms with Gasteiger partial charge in [-0.05, 0) is 29.4 Å². The number of carbonyl (C=O) groups is 2. The summed E-state index contributed by atoms with van der Waals surface area (Å²) in [4.78, 5) is 26.1. The minimum absolute atomic E-state index is 0.0616. The van der Waals surface area contributed by atoms with Crippen LogP contribution < -0.4 is 5.32 Å². The first-order valence-electron chi connectivity index (χ1n) is 7.81. The molecule has 1 aromatic carbocycles. The maximum absolute atomic E-state index is 12.7. The molecular weight excluding hydrogens is 276 g/mol. The van der Waals surface area contributed by atoms with Crippen LogP contribution in [-0.2, 0) is 15.7 Å². The van der Waals surface area contributed by atoms with Crippen molar-refractivity contribution in [3.63, 3.8) is 0 Å². The van der Waals surface area contributed by atoms with Crippen molar-refractivity contribution >= 4 is 11.9 Å². The zero-order valence-electron chi connectivity index (χ0n) is 14.4. The first-order chi connectivity index (χ1) is 10.1. The fraction of sp³-hybridized carbons (Fsp3) is 0.556. The van der Waals surface area contributed by atoms with E-state index in [1.807, 2.05) is 38.1 Å². The predicted octanol–water partition coefficient (Wildman–Crippen LogP) is 3.41. The fourth-order valence-electron chi connectivity index (χ4n) is 2.73. The molecule has 1 saturated heterocycles. The summed E-state index contributed by atoms with van der Waals surface area (Å²) in [6, 6.07) is 7.65. The van der Waals surface area contributed by atoms with Crippen molar-refractivity contribution in [3.05, 3.63) is 35.4 Å². The molecule has 4 heteroatoms. The van der Waals surface area contributed by atoms with Crippen molar-refractivity contribution in [1.29, 1.82) is 0 Å². The lowest BCUT2D eigenvalue weighted by Gasteiger charge is -2.25. The molecule has 0 aliphatic carbocycles. The number of hydrogen-bond acceptors (Lipinski definition) is 2. The number of imide groups is 1. The molecule has 1 heterocycles. The molecule has 0 aromatic heterocycles. The minimum atomic E-state index is -0.970. The summed E-state index contributed by atoms with van der Waals surface area (Å²) in [5, 5.41) is 2.85. The molecule has 0 bridgehead atoms. The second-order valence-electron chi connectivity index (χ2n) is 7.69. The van der Waals surface area contributed by atoms with Crippen molar-refractivity contribution in [2.45, 2.75) is 52.5 Å². The summed E-state index contributed by atoms with van der Waals surface area (Å²) in [5.41, 5.74) is 1.12. The van der Waals surface area contributed by atoms with Gasteiger partial charge in [-0.2, -0.15) is 0 Å². The minimum Gasteiger partial charge on any atom is -0.319 e. The lowest BCUT2D eigenvalue weighted by molar-refractivity contribution is -0.131. The number of carbonyl (C=O) groups excluding carboxylic acids is 2. The Morgan fingerprint density at radius 3 is 2.14 bits per heavy atom. The molecule has 0 spiro atoms. The summed E-state index contributed by atoms with van der Waals surface area (Å²) in [6.45, 7) is 12.7. The molecule has 0 radical (unpaired) electrons. The molecule has 1 unspecified atom stereocenters. The monoisotopic (exact) mass is 302 g/mol. The molecule has 1 fully saturated rings. The largest absolute Gasteiger partial charge is 0.325 e. The molecule has 1 N–H and O–H groups in total. The summed E-state index contributed by atoms with van der Waals surface area (Å²) in [5.74, 6) is 0.0787. The SMILES string of the molecule is CC(C)CN1C(=O)NC(C)(c2ccc(C(C)(C)C)cc2)C1=O. The van der Waals surface area contributed by atoms with Gasteiger partial charge in [-0.25, -0.2) is 4.79 Å². The van der Waals surface area contributed by atoms with Crippen molar-refractivity contribution < 1.29 is 9.59 Å². The van der Waals surface area contributed by atoms with Gasteiger partial charge in [0.15, 0.2) is 0 Å². The summed E-state index contributed by atoms with van der Waals surface area (Å²) in [7, 11) is 0. The highest BCUT2D eigenvalue weighted by atomic mass is 16.2. The predicted molar refractivity (Wildman–Crippen MR) is 87.6 cm³/mol. The van der Waals surface area contributed by atoms with Gasteiger partial charge in [0, 0.05) is 6.54 Å². The number of rotatable bonds is 3. The van der Waals surface area contributed by atoms with Crippen molar-refractivity contribution in [2.75, 3.05) is 6.54 Å². The van der Waals surface area contributed by atoms with Crippen LogP contribution >= 0.6 is 0 Å². The molecule has 120 valence electrons. The van der Waals surface area contributed by atoms with Gasteiger partial charge in [0.1, 0.15) is 5.54 Å². The summed E-state index contributed by atoms with van der Waals surface area (Å²) >= 11 is 0. The number of benzene rings is 1. The maximum atomic E-state index is 12.7. The van der Waals surface area contributed by atoms with Crippen molar-refractivity contribution in [2.24, 2.45) is 5.92 Å². The highest BCUT2D eigenvalue weighted by Gasteiger charge is 2.48. The normalized spacial score (nSPS) is 22.4. The first-order valence-corrected chi connectivity index (χ1v) is 7.81. The molecule has 4 nitrogen and oxygen atoms in total. The zero-order valence-corrected chi connectivity index (χ0v) is 14.4. The van der Waals surface area contributed by atoms with Gasteiger partial charge in [-0.15, -0.1) is 0 Å². The van der Waals surface area contributed by atoms with E-state index in [4.69, 9.17) is 0 Å². The Balaban J connectivity index is 2.32. The topological polar surface area (TPSA) is 49.4 Å². The maximum Gasteiger partial charge on any atom is 0.325 e. The van der Waals surface area contributed by atoms with Crippen LogP contribution in [0.5, 0.6) is 0 Å². The van der Waals surface area contributed by atoms with Crippen molar-refractivity contribution in [3.8, 4) is 0 Å². The highest BCUT2D eigenvalue weighted by molar-refractivity contribution is 6.07. The van der Waals surface area contributed by atoms with E-state index in [0.29, 0.717) is 6.54 Å². The second-order valence-corrected chi connectivity index (χ2v) is 7.69. The average Bonchev–Trinajstić information content (AvgIpc) is 2.62. The average molecular weight is 302 g/mol. The molecule has 2 rings (SSSR count). The Hall–Kier alpha value is -1.84. The Labute approximate surface area is 132 Å². The van der Waals surface area contributed by atoms with Gasteiger partial charge in [0.05, 0.1) is 0 Å². The molecule has 1 aliphatic rings. The molecule has 1 atom stereocenters. The van der Waals surface area contributed by atoms with Crippen LogP contribution in [0.4, 0.5) is 4.79 Å². The van der Waals surface area contributed by atoms with E-state index in [0.717, 1.165) is 5.56 Å². The molecule has 0 saturated carbocycles. The van der Waals surface area contributed by atoms with Gasteiger partial charge in [-0.3, -0.25) is 9.69 Å². The van der Waals surface area contributed by atoms with Gasteiger partial charge in [0.25, 0.3) is 5.91 Å². The van der Waals surface area contributed by atoms with Crippen LogP contribution in [0, 0.1) is 5.92 Å². The van der Waals surface area contributed by atoms with E-state index in [-0.39, 0.29) is 23.3 Å². The van der Waals surface area contributed by atoms with Crippen LogP contribution in [0.15, 0.2) is 24.3 Å². The first kappa shape index (κ1) is 16.5. The van der Waals surface area contributed by atoms with Crippen LogP contribution in [-0.4, -0.2) is 23.4 Å². The van der Waals surface area contributed by atoms with E-state index < -0.39 is 5.54 Å². The zero-order chi connectivity index (χ0) is 16.7.